The third kappa shape index (κ3) is 1.25. The van der Waals surface area contributed by atoms with Gasteiger partial charge < -0.3 is 4.90 Å². The number of carbonyl (C=O) groups excluding carboxylic acids is 2. The van der Waals surface area contributed by atoms with Gasteiger partial charge in [-0.15, -0.1) is 0 Å². The van der Waals surface area contributed by atoms with Gasteiger partial charge in [0.15, 0.2) is 0 Å². The summed E-state index contributed by atoms with van der Waals surface area (Å²) in [4.78, 5) is 24.0. The van der Waals surface area contributed by atoms with Crippen molar-refractivity contribution in [1.29, 1.82) is 0 Å². The van der Waals surface area contributed by atoms with Crippen LogP contribution in [-0.2, 0) is 4.79 Å². The molecule has 0 radical (unpaired) electrons. The van der Waals surface area contributed by atoms with E-state index >= 15 is 0 Å². The maximum atomic E-state index is 11.4. The summed E-state index contributed by atoms with van der Waals surface area (Å²) < 4.78 is 0. The second-order valence-electron chi connectivity index (χ2n) is 3.22. The Bertz CT molecular complexity index is 375. The van der Waals surface area contributed by atoms with Gasteiger partial charge in [0.2, 0.25) is 0 Å². The van der Waals surface area contributed by atoms with E-state index in [-0.39, 0.29) is 11.9 Å². The van der Waals surface area contributed by atoms with Crippen molar-refractivity contribution >= 4 is 11.9 Å². The fourth-order valence-corrected chi connectivity index (χ4v) is 1.57. The van der Waals surface area contributed by atoms with Crippen LogP contribution in [-0.4, -0.2) is 23.9 Å². The molecule has 0 saturated carbocycles. The Morgan fingerprint density at radius 3 is 2.36 bits per heavy atom. The van der Waals surface area contributed by atoms with E-state index < -0.39 is 6.04 Å². The van der Waals surface area contributed by atoms with E-state index in [4.69, 9.17) is 0 Å². The quantitative estimate of drug-likeness (QED) is 0.669. The highest BCUT2D eigenvalue weighted by Gasteiger charge is 2.36. The summed E-state index contributed by atoms with van der Waals surface area (Å²) in [6, 6.07) is 8.41. The molecule has 1 N–H and O–H groups in total. The van der Waals surface area contributed by atoms with Crippen molar-refractivity contribution in [2.45, 2.75) is 6.04 Å². The lowest BCUT2D eigenvalue weighted by molar-refractivity contribution is -0.121. The maximum absolute atomic E-state index is 11.4. The molecular formula is C10H10N2O2. The molecule has 2 rings (SSSR count). The number of urea groups is 1. The average molecular weight is 190 g/mol. The lowest BCUT2D eigenvalue weighted by Gasteiger charge is -2.15. The molecular weight excluding hydrogens is 180 g/mol. The summed E-state index contributed by atoms with van der Waals surface area (Å²) in [5.41, 5.74) is 0.832. The first-order valence-corrected chi connectivity index (χ1v) is 4.33. The van der Waals surface area contributed by atoms with Crippen LogP contribution >= 0.6 is 0 Å². The minimum absolute atomic E-state index is 0.260. The van der Waals surface area contributed by atoms with Crippen molar-refractivity contribution in [3.05, 3.63) is 35.9 Å². The van der Waals surface area contributed by atoms with Gasteiger partial charge in [-0.25, -0.2) is 4.79 Å². The molecule has 1 aromatic carbocycles. The summed E-state index contributed by atoms with van der Waals surface area (Å²) >= 11 is 0. The summed E-state index contributed by atoms with van der Waals surface area (Å²) in [6.45, 7) is 0. The molecule has 1 heterocycles. The second-order valence-corrected chi connectivity index (χ2v) is 3.22. The number of hydrogen-bond acceptors (Lipinski definition) is 2. The van der Waals surface area contributed by atoms with Gasteiger partial charge in [-0.3, -0.25) is 10.1 Å². The van der Waals surface area contributed by atoms with E-state index in [1.807, 2.05) is 30.3 Å². The summed E-state index contributed by atoms with van der Waals surface area (Å²) in [7, 11) is 1.61. The summed E-state index contributed by atoms with van der Waals surface area (Å²) in [6.07, 6.45) is 0. The Morgan fingerprint density at radius 2 is 1.86 bits per heavy atom. The zero-order valence-corrected chi connectivity index (χ0v) is 7.73. The van der Waals surface area contributed by atoms with Gasteiger partial charge in [-0.05, 0) is 5.56 Å². The normalized spacial score (nSPS) is 21.2. The lowest BCUT2D eigenvalue weighted by atomic mass is 10.1. The lowest BCUT2D eigenvalue weighted by Crippen LogP contribution is -2.25. The van der Waals surface area contributed by atoms with Crippen molar-refractivity contribution in [2.75, 3.05) is 7.05 Å². The van der Waals surface area contributed by atoms with Crippen LogP contribution in [0.2, 0.25) is 0 Å². The van der Waals surface area contributed by atoms with Gasteiger partial charge in [-0.1, -0.05) is 30.3 Å². The van der Waals surface area contributed by atoms with E-state index in [1.54, 1.807) is 7.05 Å². The van der Waals surface area contributed by atoms with E-state index in [1.165, 1.54) is 4.90 Å². The molecule has 14 heavy (non-hydrogen) atoms. The fourth-order valence-electron chi connectivity index (χ4n) is 1.57. The Labute approximate surface area is 81.5 Å². The van der Waals surface area contributed by atoms with Gasteiger partial charge in [-0.2, -0.15) is 0 Å². The van der Waals surface area contributed by atoms with Crippen molar-refractivity contribution in [1.82, 2.24) is 10.2 Å². The van der Waals surface area contributed by atoms with Gasteiger partial charge >= 0.3 is 6.03 Å². The van der Waals surface area contributed by atoms with Crippen LogP contribution in [0.15, 0.2) is 30.3 Å². The predicted octanol–water partition coefficient (Wildman–Crippen LogP) is 0.909. The van der Waals surface area contributed by atoms with Gasteiger partial charge in [0.1, 0.15) is 6.04 Å². The van der Waals surface area contributed by atoms with E-state index in [9.17, 15) is 9.59 Å². The second kappa shape index (κ2) is 3.14. The molecule has 0 aliphatic carbocycles. The largest absolute Gasteiger partial charge is 0.324 e. The summed E-state index contributed by atoms with van der Waals surface area (Å²) in [5.74, 6) is -0.260. The van der Waals surface area contributed by atoms with E-state index in [2.05, 4.69) is 5.32 Å². The highest BCUT2D eigenvalue weighted by Crippen LogP contribution is 2.23. The third-order valence-corrected chi connectivity index (χ3v) is 2.30. The van der Waals surface area contributed by atoms with Crippen LogP contribution in [0.4, 0.5) is 4.79 Å². The molecule has 1 fully saturated rings. The summed E-state index contributed by atoms with van der Waals surface area (Å²) in [5, 5.41) is 2.26. The van der Waals surface area contributed by atoms with Crippen LogP contribution in [0, 0.1) is 0 Å². The number of carbonyl (C=O) groups is 2. The number of amides is 3. The number of hydrogen-bond donors (Lipinski definition) is 1. The molecule has 1 aliphatic heterocycles. The van der Waals surface area contributed by atoms with Crippen molar-refractivity contribution in [2.24, 2.45) is 0 Å². The molecule has 1 aromatic rings. The van der Waals surface area contributed by atoms with Gasteiger partial charge in [0.25, 0.3) is 5.91 Å². The average Bonchev–Trinajstić information content (AvgIpc) is 2.43. The number of rotatable bonds is 1. The Hall–Kier alpha value is -1.84. The van der Waals surface area contributed by atoms with Gasteiger partial charge in [0.05, 0.1) is 0 Å². The van der Waals surface area contributed by atoms with E-state index in [0.29, 0.717) is 0 Å². The minimum atomic E-state index is -0.483. The van der Waals surface area contributed by atoms with E-state index in [0.717, 1.165) is 5.56 Å². The Kier molecular flexibility index (Phi) is 1.96. The first-order chi connectivity index (χ1) is 6.70. The zero-order chi connectivity index (χ0) is 10.1. The Balaban J connectivity index is 2.36. The molecule has 1 saturated heterocycles. The number of likely N-dealkylation sites (N-methyl/N-ethyl adjacent to an activating group) is 1. The molecule has 0 aromatic heterocycles. The SMILES string of the molecule is CN1C(=O)NC(=O)C1c1ccccc1. The molecule has 4 nitrogen and oxygen atoms in total. The van der Waals surface area contributed by atoms with Crippen LogP contribution in [0.3, 0.4) is 0 Å². The minimum Gasteiger partial charge on any atom is -0.311 e. The van der Waals surface area contributed by atoms with Crippen molar-refractivity contribution < 1.29 is 9.59 Å². The van der Waals surface area contributed by atoms with Crippen LogP contribution in [0.1, 0.15) is 11.6 Å². The molecule has 1 aliphatic rings. The van der Waals surface area contributed by atoms with Gasteiger partial charge in [0, 0.05) is 7.05 Å². The molecule has 1 unspecified atom stereocenters. The maximum Gasteiger partial charge on any atom is 0.324 e. The first-order valence-electron chi connectivity index (χ1n) is 4.33. The smallest absolute Gasteiger partial charge is 0.311 e. The number of nitrogens with one attached hydrogen (secondary N) is 1. The number of nitrogens with zero attached hydrogens (tertiary/aromatic N) is 1. The standard InChI is InChI=1S/C10H10N2O2/c1-12-8(9(13)11-10(12)14)7-5-3-2-4-6-7/h2-6,8H,1H3,(H,11,13,14). The molecule has 3 amide bonds. The zero-order valence-electron chi connectivity index (χ0n) is 7.73. The predicted molar refractivity (Wildman–Crippen MR) is 50.5 cm³/mol. The molecule has 1 atom stereocenters. The van der Waals surface area contributed by atoms with Crippen LogP contribution in [0.5, 0.6) is 0 Å². The third-order valence-electron chi connectivity index (χ3n) is 2.30. The molecule has 4 heteroatoms. The highest BCUT2D eigenvalue weighted by molar-refractivity contribution is 6.04. The first kappa shape index (κ1) is 8.74. The molecule has 0 bridgehead atoms. The van der Waals surface area contributed by atoms with Crippen LogP contribution in [0.25, 0.3) is 0 Å². The van der Waals surface area contributed by atoms with Crippen molar-refractivity contribution in [3.63, 3.8) is 0 Å². The molecule has 72 valence electrons. The Morgan fingerprint density at radius 1 is 1.21 bits per heavy atom. The number of benzene rings is 1. The topological polar surface area (TPSA) is 49.4 Å². The fraction of sp³-hybridized carbons (Fsp3) is 0.200. The van der Waals surface area contributed by atoms with Crippen molar-refractivity contribution in [3.8, 4) is 0 Å². The monoisotopic (exact) mass is 190 g/mol. The molecule has 0 spiro atoms. The highest BCUT2D eigenvalue weighted by atomic mass is 16.2. The number of imide groups is 1. The van der Waals surface area contributed by atoms with Crippen LogP contribution < -0.4 is 5.32 Å².